The van der Waals surface area contributed by atoms with Crippen molar-refractivity contribution in [1.82, 2.24) is 4.98 Å². The summed E-state index contributed by atoms with van der Waals surface area (Å²) in [4.78, 5) is 25.8. The van der Waals surface area contributed by atoms with E-state index in [9.17, 15) is 14.7 Å². The number of H-pyrrole nitrogens is 1. The van der Waals surface area contributed by atoms with Gasteiger partial charge < -0.3 is 14.8 Å². The molecule has 5 nitrogen and oxygen atoms in total. The fourth-order valence-corrected chi connectivity index (χ4v) is 2.84. The van der Waals surface area contributed by atoms with Crippen LogP contribution >= 0.6 is 0 Å². The Morgan fingerprint density at radius 3 is 2.71 bits per heavy atom. The van der Waals surface area contributed by atoms with Gasteiger partial charge in [0.2, 0.25) is 5.43 Å². The first kappa shape index (κ1) is 18.0. The SMILES string of the molecule is CCCCCCCc1[nH]c2ccc(CCOC=O)cc2c(=O)c1O. The molecular formula is C19H25NO4. The lowest BCUT2D eigenvalue weighted by Crippen LogP contribution is -2.08. The highest BCUT2D eigenvalue weighted by Crippen LogP contribution is 2.20. The molecule has 1 heterocycles. The van der Waals surface area contributed by atoms with Gasteiger partial charge in [0.1, 0.15) is 0 Å². The van der Waals surface area contributed by atoms with Gasteiger partial charge in [-0.05, 0) is 30.5 Å². The zero-order valence-corrected chi connectivity index (χ0v) is 14.1. The van der Waals surface area contributed by atoms with Crippen LogP contribution in [0.4, 0.5) is 0 Å². The number of fused-ring (bicyclic) bond motifs is 1. The monoisotopic (exact) mass is 331 g/mol. The predicted molar refractivity (Wildman–Crippen MR) is 94.4 cm³/mol. The number of hydrogen-bond donors (Lipinski definition) is 2. The summed E-state index contributed by atoms with van der Waals surface area (Å²) in [7, 11) is 0. The van der Waals surface area contributed by atoms with Crippen molar-refractivity contribution in [3.05, 3.63) is 39.7 Å². The number of pyridine rings is 1. The topological polar surface area (TPSA) is 79.4 Å². The second-order valence-corrected chi connectivity index (χ2v) is 6.04. The largest absolute Gasteiger partial charge is 0.503 e. The van der Waals surface area contributed by atoms with E-state index in [0.717, 1.165) is 23.9 Å². The molecule has 2 N–H and O–H groups in total. The van der Waals surface area contributed by atoms with Crippen LogP contribution in [0.2, 0.25) is 0 Å². The molecule has 130 valence electrons. The lowest BCUT2D eigenvalue weighted by Gasteiger charge is -2.09. The lowest BCUT2D eigenvalue weighted by molar-refractivity contribution is -0.128. The van der Waals surface area contributed by atoms with E-state index in [4.69, 9.17) is 0 Å². The summed E-state index contributed by atoms with van der Waals surface area (Å²) >= 11 is 0. The van der Waals surface area contributed by atoms with E-state index in [1.165, 1.54) is 19.3 Å². The number of carbonyl (C=O) groups excluding carboxylic acids is 1. The van der Waals surface area contributed by atoms with Crippen molar-refractivity contribution in [2.24, 2.45) is 0 Å². The van der Waals surface area contributed by atoms with E-state index in [2.05, 4.69) is 16.6 Å². The summed E-state index contributed by atoms with van der Waals surface area (Å²) in [6.45, 7) is 2.85. The average molecular weight is 331 g/mol. The number of rotatable bonds is 10. The highest BCUT2D eigenvalue weighted by molar-refractivity contribution is 5.81. The normalized spacial score (nSPS) is 10.9. The lowest BCUT2D eigenvalue weighted by atomic mass is 10.0. The van der Waals surface area contributed by atoms with Crippen LogP contribution in [0.25, 0.3) is 10.9 Å². The van der Waals surface area contributed by atoms with Gasteiger partial charge in [-0.15, -0.1) is 0 Å². The summed E-state index contributed by atoms with van der Waals surface area (Å²) in [5.41, 5.74) is 1.88. The van der Waals surface area contributed by atoms with Gasteiger partial charge in [-0.1, -0.05) is 38.7 Å². The molecule has 0 aliphatic carbocycles. The molecule has 0 bridgehead atoms. The Kier molecular flexibility index (Phi) is 6.85. The van der Waals surface area contributed by atoms with Crippen LogP contribution in [-0.4, -0.2) is 23.2 Å². The Balaban J connectivity index is 2.15. The van der Waals surface area contributed by atoms with Crippen LogP contribution in [0.5, 0.6) is 5.75 Å². The summed E-state index contributed by atoms with van der Waals surface area (Å²) in [5.74, 6) is -0.181. The molecule has 2 aromatic rings. The van der Waals surface area contributed by atoms with E-state index in [1.54, 1.807) is 6.07 Å². The standard InChI is InChI=1S/C19H25NO4/c1-2-3-4-5-6-7-17-19(23)18(22)15-12-14(10-11-24-13-21)8-9-16(15)20-17/h8-9,12-13,23H,2-7,10-11H2,1H3,(H,20,22). The first-order chi connectivity index (χ1) is 11.7. The number of benzene rings is 1. The Morgan fingerprint density at radius 2 is 1.96 bits per heavy atom. The van der Waals surface area contributed by atoms with Crippen molar-refractivity contribution in [3.8, 4) is 5.75 Å². The van der Waals surface area contributed by atoms with Crippen molar-refractivity contribution >= 4 is 17.4 Å². The van der Waals surface area contributed by atoms with E-state index in [-0.39, 0.29) is 17.8 Å². The van der Waals surface area contributed by atoms with E-state index >= 15 is 0 Å². The van der Waals surface area contributed by atoms with Crippen LogP contribution < -0.4 is 5.43 Å². The van der Waals surface area contributed by atoms with Gasteiger partial charge in [0.15, 0.2) is 5.75 Å². The van der Waals surface area contributed by atoms with E-state index in [1.807, 2.05) is 12.1 Å². The van der Waals surface area contributed by atoms with Crippen molar-refractivity contribution in [3.63, 3.8) is 0 Å². The summed E-state index contributed by atoms with van der Waals surface area (Å²) in [6.07, 6.45) is 6.86. The van der Waals surface area contributed by atoms with Gasteiger partial charge in [0, 0.05) is 17.3 Å². The first-order valence-electron chi connectivity index (χ1n) is 8.59. The van der Waals surface area contributed by atoms with Crippen LogP contribution in [0.15, 0.2) is 23.0 Å². The van der Waals surface area contributed by atoms with Gasteiger partial charge in [-0.2, -0.15) is 0 Å². The molecule has 0 aliphatic rings. The van der Waals surface area contributed by atoms with Crippen molar-refractivity contribution in [1.29, 1.82) is 0 Å². The maximum atomic E-state index is 12.4. The van der Waals surface area contributed by atoms with Crippen LogP contribution in [0.3, 0.4) is 0 Å². The summed E-state index contributed by atoms with van der Waals surface area (Å²) in [5, 5.41) is 10.7. The predicted octanol–water partition coefficient (Wildman–Crippen LogP) is 3.46. The molecule has 0 radical (unpaired) electrons. The number of hydrogen-bond acceptors (Lipinski definition) is 4. The minimum absolute atomic E-state index is 0.181. The van der Waals surface area contributed by atoms with Crippen molar-refractivity contribution < 1.29 is 14.6 Å². The zero-order chi connectivity index (χ0) is 17.4. The van der Waals surface area contributed by atoms with Gasteiger partial charge >= 0.3 is 0 Å². The molecule has 0 atom stereocenters. The number of aromatic hydroxyl groups is 1. The molecule has 0 saturated carbocycles. The maximum Gasteiger partial charge on any atom is 0.293 e. The second-order valence-electron chi connectivity index (χ2n) is 6.04. The van der Waals surface area contributed by atoms with Crippen LogP contribution in [0, 0.1) is 0 Å². The number of aromatic nitrogens is 1. The second kappa shape index (κ2) is 9.11. The number of aromatic amines is 1. The van der Waals surface area contributed by atoms with Crippen molar-refractivity contribution in [2.75, 3.05) is 6.61 Å². The Hall–Kier alpha value is -2.30. The molecular weight excluding hydrogens is 306 g/mol. The minimum Gasteiger partial charge on any atom is -0.503 e. The summed E-state index contributed by atoms with van der Waals surface area (Å²) < 4.78 is 4.68. The van der Waals surface area contributed by atoms with Gasteiger partial charge in [0.25, 0.3) is 6.47 Å². The van der Waals surface area contributed by atoms with Crippen molar-refractivity contribution in [2.45, 2.75) is 51.9 Å². The third-order valence-corrected chi connectivity index (χ3v) is 4.22. The van der Waals surface area contributed by atoms with Crippen LogP contribution in [0.1, 0.15) is 50.3 Å². The number of ether oxygens (including phenoxy) is 1. The third-order valence-electron chi connectivity index (χ3n) is 4.22. The Morgan fingerprint density at radius 1 is 1.17 bits per heavy atom. The van der Waals surface area contributed by atoms with Gasteiger partial charge in [0.05, 0.1) is 12.3 Å². The number of nitrogens with one attached hydrogen (secondary N) is 1. The van der Waals surface area contributed by atoms with E-state index in [0.29, 0.717) is 30.4 Å². The molecule has 0 amide bonds. The Labute approximate surface area is 141 Å². The third kappa shape index (κ3) is 4.60. The highest BCUT2D eigenvalue weighted by atomic mass is 16.5. The molecule has 1 aromatic carbocycles. The quantitative estimate of drug-likeness (QED) is 0.516. The summed E-state index contributed by atoms with van der Waals surface area (Å²) in [6, 6.07) is 5.48. The molecule has 24 heavy (non-hydrogen) atoms. The average Bonchev–Trinajstić information content (AvgIpc) is 2.59. The molecule has 0 aliphatic heterocycles. The smallest absolute Gasteiger partial charge is 0.293 e. The zero-order valence-electron chi connectivity index (χ0n) is 14.1. The molecule has 0 unspecified atom stereocenters. The van der Waals surface area contributed by atoms with E-state index < -0.39 is 0 Å². The number of carbonyl (C=O) groups is 1. The minimum atomic E-state index is -0.342. The molecule has 0 spiro atoms. The first-order valence-corrected chi connectivity index (χ1v) is 8.59. The maximum absolute atomic E-state index is 12.4. The Bertz CT molecular complexity index is 736. The number of aryl methyl sites for hydroxylation is 1. The fraction of sp³-hybridized carbons (Fsp3) is 0.474. The number of unbranched alkanes of at least 4 members (excludes halogenated alkanes) is 4. The molecule has 2 rings (SSSR count). The highest BCUT2D eigenvalue weighted by Gasteiger charge is 2.11. The van der Waals surface area contributed by atoms with Crippen LogP contribution in [-0.2, 0) is 22.4 Å². The van der Waals surface area contributed by atoms with Gasteiger partial charge in [-0.3, -0.25) is 9.59 Å². The molecule has 5 heteroatoms. The molecule has 1 aromatic heterocycles. The van der Waals surface area contributed by atoms with Gasteiger partial charge in [-0.25, -0.2) is 0 Å². The molecule has 0 fully saturated rings. The molecule has 0 saturated heterocycles. The fourth-order valence-electron chi connectivity index (χ4n) is 2.84.